The van der Waals surface area contributed by atoms with Crippen LogP contribution in [0.15, 0.2) is 36.9 Å². The molecule has 1 atom stereocenters. The van der Waals surface area contributed by atoms with E-state index >= 15 is 0 Å². The van der Waals surface area contributed by atoms with Gasteiger partial charge in [-0.2, -0.15) is 5.10 Å². The van der Waals surface area contributed by atoms with Gasteiger partial charge in [-0.1, -0.05) is 26.0 Å². The number of urea groups is 1. The number of aromatic nitrogens is 3. The average molecular weight is 317 g/mol. The number of carbonyl (C=O) groups is 1. The first-order valence-electron chi connectivity index (χ1n) is 7.70. The summed E-state index contributed by atoms with van der Waals surface area (Å²) >= 11 is 0. The minimum absolute atomic E-state index is 0.198. The predicted octanol–water partition coefficient (Wildman–Crippen LogP) is 1.47. The van der Waals surface area contributed by atoms with Crippen LogP contribution in [0.4, 0.5) is 4.79 Å². The second kappa shape index (κ2) is 8.28. The van der Waals surface area contributed by atoms with Gasteiger partial charge in [-0.3, -0.25) is 0 Å². The molecule has 0 saturated heterocycles. The molecule has 0 aliphatic heterocycles. The molecule has 0 bridgehead atoms. The van der Waals surface area contributed by atoms with E-state index in [2.05, 4.69) is 20.7 Å². The fraction of sp³-hybridized carbons (Fsp3) is 0.438. The zero-order valence-corrected chi connectivity index (χ0v) is 13.4. The number of rotatable bonds is 7. The number of aliphatic hydroxyl groups excluding tert-OH is 1. The van der Waals surface area contributed by atoms with Gasteiger partial charge in [0.25, 0.3) is 0 Å². The van der Waals surface area contributed by atoms with Crippen molar-refractivity contribution in [3.8, 4) is 5.69 Å². The first-order valence-corrected chi connectivity index (χ1v) is 7.70. The summed E-state index contributed by atoms with van der Waals surface area (Å²) in [6.07, 6.45) is 3.28. The van der Waals surface area contributed by atoms with Crippen molar-refractivity contribution in [1.29, 1.82) is 0 Å². The lowest BCUT2D eigenvalue weighted by Crippen LogP contribution is -2.37. The summed E-state index contributed by atoms with van der Waals surface area (Å²) < 4.78 is 1.67. The van der Waals surface area contributed by atoms with Crippen LogP contribution in [0.1, 0.15) is 25.8 Å². The Bertz CT molecular complexity index is 595. The molecule has 0 radical (unpaired) electrons. The first kappa shape index (κ1) is 17.0. The molecule has 2 aromatic rings. The van der Waals surface area contributed by atoms with Gasteiger partial charge in [0, 0.05) is 13.1 Å². The Balaban J connectivity index is 1.72. The van der Waals surface area contributed by atoms with Crippen LogP contribution in [-0.2, 0) is 6.54 Å². The molecule has 1 heterocycles. The fourth-order valence-corrected chi connectivity index (χ4v) is 2.02. The molecule has 7 nitrogen and oxygen atoms in total. The Morgan fingerprint density at radius 3 is 2.61 bits per heavy atom. The summed E-state index contributed by atoms with van der Waals surface area (Å²) in [5, 5.41) is 19.3. The third-order valence-corrected chi connectivity index (χ3v) is 3.57. The van der Waals surface area contributed by atoms with Crippen LogP contribution in [0.2, 0.25) is 0 Å². The number of benzene rings is 1. The first-order chi connectivity index (χ1) is 11.1. The average Bonchev–Trinajstić information content (AvgIpc) is 3.07. The molecule has 7 heteroatoms. The van der Waals surface area contributed by atoms with E-state index in [4.69, 9.17) is 0 Å². The van der Waals surface area contributed by atoms with E-state index in [9.17, 15) is 9.90 Å². The van der Waals surface area contributed by atoms with Gasteiger partial charge in [-0.05, 0) is 30.0 Å². The number of hydrogen-bond donors (Lipinski definition) is 3. The number of hydrogen-bond acceptors (Lipinski definition) is 4. The normalized spacial score (nSPS) is 12.2. The van der Waals surface area contributed by atoms with Crippen molar-refractivity contribution in [2.75, 3.05) is 6.54 Å². The number of amides is 2. The lowest BCUT2D eigenvalue weighted by molar-refractivity contribution is 0.116. The van der Waals surface area contributed by atoms with Gasteiger partial charge in [0.05, 0.1) is 11.8 Å². The highest BCUT2D eigenvalue weighted by Crippen LogP contribution is 2.08. The highest BCUT2D eigenvalue weighted by atomic mass is 16.3. The Morgan fingerprint density at radius 1 is 1.26 bits per heavy atom. The van der Waals surface area contributed by atoms with Crippen molar-refractivity contribution >= 4 is 6.03 Å². The van der Waals surface area contributed by atoms with Crippen molar-refractivity contribution in [2.24, 2.45) is 5.92 Å². The lowest BCUT2D eigenvalue weighted by atomic mass is 10.0. The van der Waals surface area contributed by atoms with E-state index in [0.717, 1.165) is 11.3 Å². The molecule has 1 aromatic carbocycles. The highest BCUT2D eigenvalue weighted by Gasteiger charge is 2.09. The van der Waals surface area contributed by atoms with Crippen LogP contribution in [0.5, 0.6) is 0 Å². The summed E-state index contributed by atoms with van der Waals surface area (Å²) in [6.45, 7) is 4.80. The van der Waals surface area contributed by atoms with E-state index in [0.29, 0.717) is 19.5 Å². The van der Waals surface area contributed by atoms with Gasteiger partial charge in [0.15, 0.2) is 0 Å². The molecule has 124 valence electrons. The topological polar surface area (TPSA) is 92.1 Å². The molecule has 2 amide bonds. The van der Waals surface area contributed by atoms with Crippen LogP contribution >= 0.6 is 0 Å². The van der Waals surface area contributed by atoms with Crippen LogP contribution in [0.3, 0.4) is 0 Å². The molecule has 1 unspecified atom stereocenters. The van der Waals surface area contributed by atoms with Gasteiger partial charge >= 0.3 is 6.03 Å². The third-order valence-electron chi connectivity index (χ3n) is 3.57. The van der Waals surface area contributed by atoms with E-state index < -0.39 is 0 Å². The second-order valence-electron chi connectivity index (χ2n) is 5.72. The summed E-state index contributed by atoms with van der Waals surface area (Å²) in [4.78, 5) is 15.6. The Kier molecular flexibility index (Phi) is 6.10. The minimum Gasteiger partial charge on any atom is -0.393 e. The second-order valence-corrected chi connectivity index (χ2v) is 5.72. The molecule has 0 aliphatic carbocycles. The van der Waals surface area contributed by atoms with Gasteiger partial charge in [-0.25, -0.2) is 14.5 Å². The number of carbonyl (C=O) groups excluding carboxylic acids is 1. The zero-order valence-electron chi connectivity index (χ0n) is 13.4. The highest BCUT2D eigenvalue weighted by molar-refractivity contribution is 5.73. The van der Waals surface area contributed by atoms with Crippen LogP contribution in [0, 0.1) is 5.92 Å². The molecule has 0 spiro atoms. The Hall–Kier alpha value is -2.41. The zero-order chi connectivity index (χ0) is 16.7. The van der Waals surface area contributed by atoms with Crippen molar-refractivity contribution in [2.45, 2.75) is 32.9 Å². The Labute approximate surface area is 135 Å². The molecule has 0 saturated carbocycles. The molecule has 23 heavy (non-hydrogen) atoms. The Morgan fingerprint density at radius 2 is 2.00 bits per heavy atom. The number of nitrogens with one attached hydrogen (secondary N) is 2. The third kappa shape index (κ3) is 5.37. The fourth-order valence-electron chi connectivity index (χ4n) is 2.02. The van der Waals surface area contributed by atoms with Crippen molar-refractivity contribution < 1.29 is 9.90 Å². The standard InChI is InChI=1S/C16H23N5O2/c1-12(2)15(22)7-8-18-16(23)19-9-13-3-5-14(6-4-13)21-11-17-10-20-21/h3-6,10-12,15,22H,7-9H2,1-2H3,(H2,18,19,23). The van der Waals surface area contributed by atoms with Gasteiger partial charge in [0.2, 0.25) is 0 Å². The van der Waals surface area contributed by atoms with E-state index in [1.165, 1.54) is 6.33 Å². The number of nitrogens with zero attached hydrogens (tertiary/aromatic N) is 3. The summed E-state index contributed by atoms with van der Waals surface area (Å²) in [5.74, 6) is 0.198. The van der Waals surface area contributed by atoms with Gasteiger partial charge < -0.3 is 15.7 Å². The van der Waals surface area contributed by atoms with Gasteiger partial charge in [0.1, 0.15) is 12.7 Å². The lowest BCUT2D eigenvalue weighted by Gasteiger charge is -2.14. The molecular formula is C16H23N5O2. The number of aliphatic hydroxyl groups is 1. The smallest absolute Gasteiger partial charge is 0.315 e. The summed E-state index contributed by atoms with van der Waals surface area (Å²) in [6, 6.07) is 7.46. The maximum absolute atomic E-state index is 11.7. The van der Waals surface area contributed by atoms with Gasteiger partial charge in [-0.15, -0.1) is 0 Å². The van der Waals surface area contributed by atoms with Crippen LogP contribution in [-0.4, -0.2) is 38.6 Å². The quantitative estimate of drug-likeness (QED) is 0.721. The van der Waals surface area contributed by atoms with E-state index in [1.807, 2.05) is 38.1 Å². The minimum atomic E-state index is -0.389. The van der Waals surface area contributed by atoms with Crippen LogP contribution in [0.25, 0.3) is 5.69 Å². The van der Waals surface area contributed by atoms with Crippen molar-refractivity contribution in [3.05, 3.63) is 42.5 Å². The van der Waals surface area contributed by atoms with Crippen molar-refractivity contribution in [3.63, 3.8) is 0 Å². The molecule has 0 aliphatic rings. The monoisotopic (exact) mass is 317 g/mol. The summed E-state index contributed by atoms with van der Waals surface area (Å²) in [5.41, 5.74) is 1.91. The summed E-state index contributed by atoms with van der Waals surface area (Å²) in [7, 11) is 0. The SMILES string of the molecule is CC(C)C(O)CCNC(=O)NCc1ccc(-n2cncn2)cc1. The molecule has 1 aromatic heterocycles. The van der Waals surface area contributed by atoms with E-state index in [-0.39, 0.29) is 18.1 Å². The van der Waals surface area contributed by atoms with Crippen LogP contribution < -0.4 is 10.6 Å². The largest absolute Gasteiger partial charge is 0.393 e. The molecule has 0 fully saturated rings. The predicted molar refractivity (Wildman–Crippen MR) is 87.1 cm³/mol. The van der Waals surface area contributed by atoms with Crippen molar-refractivity contribution in [1.82, 2.24) is 25.4 Å². The van der Waals surface area contributed by atoms with E-state index in [1.54, 1.807) is 11.0 Å². The molecule has 2 rings (SSSR count). The molecular weight excluding hydrogens is 294 g/mol. The maximum atomic E-state index is 11.7. The molecule has 3 N–H and O–H groups in total. The maximum Gasteiger partial charge on any atom is 0.315 e.